The molecule has 128 valence electrons. The molecule has 2 aromatic rings. The molecule has 0 aliphatic carbocycles. The van der Waals surface area contributed by atoms with Gasteiger partial charge in [-0.25, -0.2) is 0 Å². The minimum atomic E-state index is -0.0808. The van der Waals surface area contributed by atoms with E-state index in [4.69, 9.17) is 0 Å². The summed E-state index contributed by atoms with van der Waals surface area (Å²) in [6, 6.07) is 10.1. The highest BCUT2D eigenvalue weighted by molar-refractivity contribution is 7.08. The standard InChI is InChI=1S/C19H24N2O2S/c1-3-17(15-8-6-14(2)7-9-15)21-18(22)5-4-11-20-19(23)16-10-12-24-13-16/h6-10,12-13,17H,3-5,11H2,1-2H3,(H,20,23)(H,21,22). The van der Waals surface area contributed by atoms with Gasteiger partial charge in [0.1, 0.15) is 0 Å². The first kappa shape index (κ1) is 18.2. The van der Waals surface area contributed by atoms with E-state index in [-0.39, 0.29) is 17.9 Å². The summed E-state index contributed by atoms with van der Waals surface area (Å²) < 4.78 is 0. The summed E-state index contributed by atoms with van der Waals surface area (Å²) in [5.41, 5.74) is 3.01. The van der Waals surface area contributed by atoms with Gasteiger partial charge in [0, 0.05) is 23.9 Å². The van der Waals surface area contributed by atoms with E-state index in [0.717, 1.165) is 12.0 Å². The summed E-state index contributed by atoms with van der Waals surface area (Å²) in [5, 5.41) is 9.59. The Labute approximate surface area is 147 Å². The van der Waals surface area contributed by atoms with Crippen LogP contribution in [0.25, 0.3) is 0 Å². The molecule has 0 saturated carbocycles. The first-order chi connectivity index (χ1) is 11.6. The highest BCUT2D eigenvalue weighted by atomic mass is 32.1. The van der Waals surface area contributed by atoms with E-state index in [0.29, 0.717) is 24.9 Å². The van der Waals surface area contributed by atoms with Gasteiger partial charge in [-0.05, 0) is 36.8 Å². The van der Waals surface area contributed by atoms with Crippen molar-refractivity contribution in [1.29, 1.82) is 0 Å². The fourth-order valence-electron chi connectivity index (χ4n) is 2.43. The predicted octanol–water partition coefficient (Wildman–Crippen LogP) is 3.83. The van der Waals surface area contributed by atoms with Gasteiger partial charge in [-0.1, -0.05) is 36.8 Å². The van der Waals surface area contributed by atoms with Gasteiger partial charge >= 0.3 is 0 Å². The molecule has 5 heteroatoms. The summed E-state index contributed by atoms with van der Waals surface area (Å²) in [6.07, 6.45) is 1.89. The third-order valence-electron chi connectivity index (χ3n) is 3.87. The number of nitrogens with one attached hydrogen (secondary N) is 2. The normalized spacial score (nSPS) is 11.8. The van der Waals surface area contributed by atoms with E-state index in [1.165, 1.54) is 16.9 Å². The Balaban J connectivity index is 1.72. The van der Waals surface area contributed by atoms with Crippen molar-refractivity contribution in [3.8, 4) is 0 Å². The lowest BCUT2D eigenvalue weighted by Crippen LogP contribution is -2.29. The van der Waals surface area contributed by atoms with Gasteiger partial charge < -0.3 is 10.6 Å². The smallest absolute Gasteiger partial charge is 0.252 e. The second-order valence-electron chi connectivity index (χ2n) is 5.81. The minimum Gasteiger partial charge on any atom is -0.352 e. The molecule has 1 aromatic carbocycles. The molecule has 0 aliphatic heterocycles. The van der Waals surface area contributed by atoms with Gasteiger partial charge in [-0.3, -0.25) is 9.59 Å². The van der Waals surface area contributed by atoms with Gasteiger partial charge in [-0.2, -0.15) is 11.3 Å². The summed E-state index contributed by atoms with van der Waals surface area (Å²) >= 11 is 1.50. The number of benzene rings is 1. The Morgan fingerprint density at radius 1 is 1.17 bits per heavy atom. The number of hydrogen-bond donors (Lipinski definition) is 2. The molecule has 1 heterocycles. The summed E-state index contributed by atoms with van der Waals surface area (Å²) in [6.45, 7) is 4.61. The number of rotatable bonds is 8. The van der Waals surface area contributed by atoms with Crippen LogP contribution in [0, 0.1) is 6.92 Å². The predicted molar refractivity (Wildman–Crippen MR) is 98.2 cm³/mol. The minimum absolute atomic E-state index is 0.0206. The van der Waals surface area contributed by atoms with Crippen LogP contribution in [0.5, 0.6) is 0 Å². The number of aryl methyl sites for hydroxylation is 1. The maximum Gasteiger partial charge on any atom is 0.252 e. The highest BCUT2D eigenvalue weighted by Gasteiger charge is 2.12. The first-order valence-electron chi connectivity index (χ1n) is 8.26. The number of hydrogen-bond acceptors (Lipinski definition) is 3. The number of carbonyl (C=O) groups excluding carboxylic acids is 2. The molecule has 2 amide bonds. The van der Waals surface area contributed by atoms with Crippen LogP contribution in [0.3, 0.4) is 0 Å². The van der Waals surface area contributed by atoms with Crippen LogP contribution in [0.2, 0.25) is 0 Å². The first-order valence-corrected chi connectivity index (χ1v) is 9.20. The van der Waals surface area contributed by atoms with Crippen LogP contribution >= 0.6 is 11.3 Å². The zero-order chi connectivity index (χ0) is 17.4. The molecule has 1 aromatic heterocycles. The number of amides is 2. The van der Waals surface area contributed by atoms with Gasteiger partial charge in [-0.15, -0.1) is 0 Å². The Bertz CT molecular complexity index is 651. The second-order valence-corrected chi connectivity index (χ2v) is 6.59. The van der Waals surface area contributed by atoms with Crippen LogP contribution in [-0.2, 0) is 4.79 Å². The molecule has 0 radical (unpaired) electrons. The summed E-state index contributed by atoms with van der Waals surface area (Å²) in [7, 11) is 0. The Kier molecular flexibility index (Phi) is 7.00. The van der Waals surface area contributed by atoms with E-state index in [9.17, 15) is 9.59 Å². The van der Waals surface area contributed by atoms with Crippen molar-refractivity contribution in [3.05, 3.63) is 57.8 Å². The molecule has 0 saturated heterocycles. The van der Waals surface area contributed by atoms with Crippen molar-refractivity contribution in [1.82, 2.24) is 10.6 Å². The quantitative estimate of drug-likeness (QED) is 0.715. The van der Waals surface area contributed by atoms with Crippen LogP contribution in [-0.4, -0.2) is 18.4 Å². The lowest BCUT2D eigenvalue weighted by Gasteiger charge is -2.17. The van der Waals surface area contributed by atoms with Crippen molar-refractivity contribution in [2.24, 2.45) is 0 Å². The number of thiophene rings is 1. The molecular formula is C19H24N2O2S. The van der Waals surface area contributed by atoms with Gasteiger partial charge in [0.05, 0.1) is 6.04 Å². The van der Waals surface area contributed by atoms with Gasteiger partial charge in [0.2, 0.25) is 5.91 Å². The lowest BCUT2D eigenvalue weighted by atomic mass is 10.0. The van der Waals surface area contributed by atoms with Gasteiger partial charge in [0.15, 0.2) is 0 Å². The monoisotopic (exact) mass is 344 g/mol. The molecule has 0 spiro atoms. The molecule has 1 unspecified atom stereocenters. The third-order valence-corrected chi connectivity index (χ3v) is 4.56. The molecule has 0 fully saturated rings. The van der Waals surface area contributed by atoms with E-state index < -0.39 is 0 Å². The van der Waals surface area contributed by atoms with Crippen LogP contribution < -0.4 is 10.6 Å². The van der Waals surface area contributed by atoms with E-state index in [1.54, 1.807) is 6.07 Å². The molecule has 1 atom stereocenters. The van der Waals surface area contributed by atoms with E-state index in [1.807, 2.05) is 17.7 Å². The number of carbonyl (C=O) groups is 2. The maximum atomic E-state index is 12.1. The Morgan fingerprint density at radius 3 is 2.54 bits per heavy atom. The Hall–Kier alpha value is -2.14. The molecule has 24 heavy (non-hydrogen) atoms. The van der Waals surface area contributed by atoms with E-state index >= 15 is 0 Å². The molecule has 0 aliphatic rings. The second kappa shape index (κ2) is 9.23. The van der Waals surface area contributed by atoms with Crippen molar-refractivity contribution < 1.29 is 9.59 Å². The molecule has 0 bridgehead atoms. The van der Waals surface area contributed by atoms with E-state index in [2.05, 4.69) is 41.8 Å². The molecular weight excluding hydrogens is 320 g/mol. The van der Waals surface area contributed by atoms with Crippen LogP contribution in [0.15, 0.2) is 41.1 Å². The Morgan fingerprint density at radius 2 is 1.92 bits per heavy atom. The van der Waals surface area contributed by atoms with Crippen molar-refractivity contribution in [3.63, 3.8) is 0 Å². The van der Waals surface area contributed by atoms with Crippen molar-refractivity contribution in [2.75, 3.05) is 6.54 Å². The third kappa shape index (κ3) is 5.49. The molecule has 2 N–H and O–H groups in total. The summed E-state index contributed by atoms with van der Waals surface area (Å²) in [4.78, 5) is 23.9. The summed E-state index contributed by atoms with van der Waals surface area (Å²) in [5.74, 6) is -0.0602. The van der Waals surface area contributed by atoms with Crippen LogP contribution in [0.4, 0.5) is 0 Å². The highest BCUT2D eigenvalue weighted by Crippen LogP contribution is 2.17. The average molecular weight is 344 g/mol. The largest absolute Gasteiger partial charge is 0.352 e. The molecule has 4 nitrogen and oxygen atoms in total. The van der Waals surface area contributed by atoms with Crippen molar-refractivity contribution in [2.45, 2.75) is 39.2 Å². The maximum absolute atomic E-state index is 12.1. The average Bonchev–Trinajstić information content (AvgIpc) is 3.12. The fourth-order valence-corrected chi connectivity index (χ4v) is 3.07. The molecule has 2 rings (SSSR count). The topological polar surface area (TPSA) is 58.2 Å². The zero-order valence-corrected chi connectivity index (χ0v) is 15.0. The zero-order valence-electron chi connectivity index (χ0n) is 14.2. The van der Waals surface area contributed by atoms with Crippen molar-refractivity contribution >= 4 is 23.2 Å². The van der Waals surface area contributed by atoms with Crippen LogP contribution in [0.1, 0.15) is 53.7 Å². The fraction of sp³-hybridized carbons (Fsp3) is 0.368. The lowest BCUT2D eigenvalue weighted by molar-refractivity contribution is -0.122. The SMILES string of the molecule is CCC(NC(=O)CCCNC(=O)c1ccsc1)c1ccc(C)cc1. The van der Waals surface area contributed by atoms with Gasteiger partial charge in [0.25, 0.3) is 5.91 Å².